The van der Waals surface area contributed by atoms with E-state index in [2.05, 4.69) is 10.9 Å². The fourth-order valence-corrected chi connectivity index (χ4v) is 2.45. The molecule has 0 aliphatic heterocycles. The molecule has 0 aromatic heterocycles. The van der Waals surface area contributed by atoms with E-state index in [1.165, 1.54) is 18.2 Å². The Kier molecular flexibility index (Phi) is 4.12. The topological polar surface area (TPSA) is 41.1 Å². The predicted molar refractivity (Wildman–Crippen MR) is 86.5 cm³/mol. The standard InChI is InChI=1S/C18H13F3N2O/c19-18(20,21)15-10-3-4-11-16(15)22-23-17(24)14-9-5-7-12-6-1-2-8-13(12)14/h1-11,22H,(H,23,24). The average molecular weight is 330 g/mol. The first-order valence-electron chi connectivity index (χ1n) is 7.17. The van der Waals surface area contributed by atoms with Gasteiger partial charge in [0.1, 0.15) is 0 Å². The van der Waals surface area contributed by atoms with E-state index in [9.17, 15) is 18.0 Å². The van der Waals surface area contributed by atoms with Gasteiger partial charge in [-0.15, -0.1) is 0 Å². The van der Waals surface area contributed by atoms with Crippen molar-refractivity contribution in [2.24, 2.45) is 0 Å². The molecule has 0 heterocycles. The maximum atomic E-state index is 13.0. The van der Waals surface area contributed by atoms with Gasteiger partial charge < -0.3 is 0 Å². The Bertz CT molecular complexity index is 885. The molecule has 0 aliphatic carbocycles. The van der Waals surface area contributed by atoms with E-state index in [0.717, 1.165) is 16.8 Å². The molecular formula is C18H13F3N2O. The van der Waals surface area contributed by atoms with Crippen LogP contribution < -0.4 is 10.9 Å². The number of rotatable bonds is 3. The molecule has 122 valence electrons. The molecule has 0 bridgehead atoms. The highest BCUT2D eigenvalue weighted by molar-refractivity contribution is 6.07. The van der Waals surface area contributed by atoms with E-state index in [1.807, 2.05) is 18.2 Å². The Morgan fingerprint density at radius 2 is 1.50 bits per heavy atom. The normalized spacial score (nSPS) is 11.3. The summed E-state index contributed by atoms with van der Waals surface area (Å²) in [6.07, 6.45) is -4.51. The highest BCUT2D eigenvalue weighted by atomic mass is 19.4. The Morgan fingerprint density at radius 3 is 2.29 bits per heavy atom. The molecule has 3 aromatic rings. The van der Waals surface area contributed by atoms with Gasteiger partial charge in [-0.2, -0.15) is 13.2 Å². The number of alkyl halides is 3. The zero-order valence-electron chi connectivity index (χ0n) is 12.4. The number of halogens is 3. The molecule has 0 saturated heterocycles. The second-order valence-corrected chi connectivity index (χ2v) is 5.15. The summed E-state index contributed by atoms with van der Waals surface area (Å²) in [7, 11) is 0. The van der Waals surface area contributed by atoms with Crippen LogP contribution in [0.4, 0.5) is 18.9 Å². The molecule has 6 heteroatoms. The first-order valence-corrected chi connectivity index (χ1v) is 7.17. The molecule has 3 nitrogen and oxygen atoms in total. The number of hydrogen-bond donors (Lipinski definition) is 2. The maximum absolute atomic E-state index is 13.0. The first-order chi connectivity index (χ1) is 11.5. The minimum absolute atomic E-state index is 0.210. The van der Waals surface area contributed by atoms with Crippen LogP contribution >= 0.6 is 0 Å². The average Bonchev–Trinajstić information content (AvgIpc) is 2.58. The van der Waals surface area contributed by atoms with Crippen LogP contribution in [0.1, 0.15) is 15.9 Å². The molecule has 0 aliphatic rings. The summed E-state index contributed by atoms with van der Waals surface area (Å²) in [4.78, 5) is 12.3. The lowest BCUT2D eigenvalue weighted by Crippen LogP contribution is -2.30. The number of amides is 1. The molecule has 3 rings (SSSR count). The summed E-state index contributed by atoms with van der Waals surface area (Å²) < 4.78 is 38.9. The van der Waals surface area contributed by atoms with Gasteiger partial charge in [-0.25, -0.2) is 0 Å². The summed E-state index contributed by atoms with van der Waals surface area (Å²) in [5, 5.41) is 1.60. The van der Waals surface area contributed by atoms with Crippen molar-refractivity contribution in [2.75, 3.05) is 5.43 Å². The van der Waals surface area contributed by atoms with Crippen molar-refractivity contribution >= 4 is 22.4 Å². The van der Waals surface area contributed by atoms with Crippen LogP contribution in [0.2, 0.25) is 0 Å². The summed E-state index contributed by atoms with van der Waals surface area (Å²) >= 11 is 0. The SMILES string of the molecule is O=C(NNc1ccccc1C(F)(F)F)c1cccc2ccccc12. The van der Waals surface area contributed by atoms with Crippen LogP contribution in [-0.4, -0.2) is 5.91 Å². The number of nitrogens with one attached hydrogen (secondary N) is 2. The van der Waals surface area contributed by atoms with E-state index in [1.54, 1.807) is 24.3 Å². The van der Waals surface area contributed by atoms with Crippen molar-refractivity contribution in [1.82, 2.24) is 5.43 Å². The lowest BCUT2D eigenvalue weighted by atomic mass is 10.0. The van der Waals surface area contributed by atoms with Crippen molar-refractivity contribution in [1.29, 1.82) is 0 Å². The van der Waals surface area contributed by atoms with Gasteiger partial charge in [0.05, 0.1) is 11.3 Å². The fourth-order valence-electron chi connectivity index (χ4n) is 2.45. The molecule has 0 atom stereocenters. The quantitative estimate of drug-likeness (QED) is 0.688. The summed E-state index contributed by atoms with van der Waals surface area (Å²) in [6, 6.07) is 17.5. The van der Waals surface area contributed by atoms with Crippen molar-refractivity contribution in [3.63, 3.8) is 0 Å². The number of carbonyl (C=O) groups excluding carboxylic acids is 1. The van der Waals surface area contributed by atoms with Gasteiger partial charge in [0.15, 0.2) is 0 Å². The van der Waals surface area contributed by atoms with Crippen LogP contribution in [0.15, 0.2) is 66.7 Å². The van der Waals surface area contributed by atoms with Crippen LogP contribution in [0.25, 0.3) is 10.8 Å². The second-order valence-electron chi connectivity index (χ2n) is 5.15. The molecule has 2 N–H and O–H groups in total. The number of para-hydroxylation sites is 1. The van der Waals surface area contributed by atoms with E-state index in [4.69, 9.17) is 0 Å². The largest absolute Gasteiger partial charge is 0.418 e. The van der Waals surface area contributed by atoms with Crippen molar-refractivity contribution in [3.8, 4) is 0 Å². The summed E-state index contributed by atoms with van der Waals surface area (Å²) in [5.41, 5.74) is 4.02. The van der Waals surface area contributed by atoms with E-state index in [-0.39, 0.29) is 5.69 Å². The molecule has 3 aromatic carbocycles. The van der Waals surface area contributed by atoms with Crippen LogP contribution in [0.5, 0.6) is 0 Å². The van der Waals surface area contributed by atoms with Crippen molar-refractivity contribution in [2.45, 2.75) is 6.18 Å². The number of benzene rings is 3. The molecule has 0 spiro atoms. The number of hydrazine groups is 1. The molecule has 0 fully saturated rings. The summed E-state index contributed by atoms with van der Waals surface area (Å²) in [5.74, 6) is -0.510. The third kappa shape index (κ3) is 3.17. The van der Waals surface area contributed by atoms with Crippen molar-refractivity contribution < 1.29 is 18.0 Å². The van der Waals surface area contributed by atoms with Crippen LogP contribution in [0.3, 0.4) is 0 Å². The zero-order chi connectivity index (χ0) is 17.2. The Labute approximate surface area is 136 Å². The number of anilines is 1. The third-order valence-corrected chi connectivity index (χ3v) is 3.58. The van der Waals surface area contributed by atoms with Crippen molar-refractivity contribution in [3.05, 3.63) is 77.9 Å². The van der Waals surface area contributed by atoms with Gasteiger partial charge in [-0.3, -0.25) is 15.6 Å². The van der Waals surface area contributed by atoms with Crippen LogP contribution in [-0.2, 0) is 6.18 Å². The van der Waals surface area contributed by atoms with E-state index in [0.29, 0.717) is 5.56 Å². The van der Waals surface area contributed by atoms with Crippen LogP contribution in [0, 0.1) is 0 Å². The smallest absolute Gasteiger partial charge is 0.298 e. The minimum atomic E-state index is -4.51. The highest BCUT2D eigenvalue weighted by Crippen LogP contribution is 2.34. The molecule has 0 radical (unpaired) electrons. The van der Waals surface area contributed by atoms with E-state index < -0.39 is 17.6 Å². The highest BCUT2D eigenvalue weighted by Gasteiger charge is 2.33. The van der Waals surface area contributed by atoms with Gasteiger partial charge in [0.25, 0.3) is 5.91 Å². The minimum Gasteiger partial charge on any atom is -0.298 e. The summed E-state index contributed by atoms with van der Waals surface area (Å²) in [6.45, 7) is 0. The van der Waals surface area contributed by atoms with Gasteiger partial charge >= 0.3 is 6.18 Å². The van der Waals surface area contributed by atoms with E-state index >= 15 is 0 Å². The Balaban J connectivity index is 1.84. The molecule has 0 saturated carbocycles. The molecule has 1 amide bonds. The van der Waals surface area contributed by atoms with Gasteiger partial charge in [0, 0.05) is 5.56 Å². The Morgan fingerprint density at radius 1 is 0.833 bits per heavy atom. The number of hydrogen-bond acceptors (Lipinski definition) is 2. The lowest BCUT2D eigenvalue weighted by Gasteiger charge is -2.15. The van der Waals surface area contributed by atoms with Gasteiger partial charge in [0.2, 0.25) is 0 Å². The monoisotopic (exact) mass is 330 g/mol. The second kappa shape index (κ2) is 6.23. The molecule has 0 unspecified atom stereocenters. The van der Waals surface area contributed by atoms with Gasteiger partial charge in [-0.05, 0) is 29.0 Å². The predicted octanol–water partition coefficient (Wildman–Crippen LogP) is 4.62. The van der Waals surface area contributed by atoms with Gasteiger partial charge in [-0.1, -0.05) is 48.5 Å². The maximum Gasteiger partial charge on any atom is 0.418 e. The lowest BCUT2D eigenvalue weighted by molar-refractivity contribution is -0.137. The fraction of sp³-hybridized carbons (Fsp3) is 0.0556. The Hall–Kier alpha value is -3.02. The number of fused-ring (bicyclic) bond motifs is 1. The number of carbonyl (C=O) groups is 1. The first kappa shape index (κ1) is 15.9. The zero-order valence-corrected chi connectivity index (χ0v) is 12.4. The molecule has 24 heavy (non-hydrogen) atoms. The molecular weight excluding hydrogens is 317 g/mol. The third-order valence-electron chi connectivity index (χ3n) is 3.58.